The van der Waals surface area contributed by atoms with E-state index in [0.717, 1.165) is 52.0 Å². The molecule has 0 heterocycles. The van der Waals surface area contributed by atoms with Crippen molar-refractivity contribution in [2.24, 2.45) is 10.9 Å². The van der Waals surface area contributed by atoms with Crippen LogP contribution in [0.2, 0.25) is 0 Å². The molecule has 0 amide bonds. The fourth-order valence-corrected chi connectivity index (χ4v) is 6.71. The maximum Gasteiger partial charge on any atom is 0.416 e. The van der Waals surface area contributed by atoms with E-state index in [2.05, 4.69) is 83.1 Å². The zero-order valence-corrected chi connectivity index (χ0v) is 34.3. The van der Waals surface area contributed by atoms with Gasteiger partial charge in [-0.1, -0.05) is 96.9 Å². The molecule has 3 aromatic rings. The Hall–Kier alpha value is -3.52. The molecule has 0 aliphatic heterocycles. The number of halogens is 3. The summed E-state index contributed by atoms with van der Waals surface area (Å²) in [6.45, 7) is 29.2. The molecule has 0 aliphatic rings. The van der Waals surface area contributed by atoms with Gasteiger partial charge in [0.25, 0.3) is 0 Å². The minimum atomic E-state index is -4.61. The van der Waals surface area contributed by atoms with E-state index in [4.69, 9.17) is 14.5 Å². The minimum absolute atomic E-state index is 0.0219. The number of rotatable bonds is 9. The van der Waals surface area contributed by atoms with E-state index in [-0.39, 0.29) is 17.2 Å². The molecule has 1 atom stereocenters. The van der Waals surface area contributed by atoms with E-state index in [1.54, 1.807) is 14.2 Å². The highest BCUT2D eigenvalue weighted by Crippen LogP contribution is 2.49. The lowest BCUT2D eigenvalue weighted by atomic mass is 9.70. The number of methoxy groups -OCH3 is 2. The molecule has 0 spiro atoms. The molecule has 3 rings (SSSR count). The molecule has 0 radical (unpaired) electrons. The Balaban J connectivity index is 2.67. The van der Waals surface area contributed by atoms with Gasteiger partial charge < -0.3 is 19.7 Å². The first-order valence-electron chi connectivity index (χ1n) is 18.1. The number of phenolic OH excluding ortho intramolecular Hbond substituents is 1. The number of aromatic hydroxyl groups is 1. The Labute approximate surface area is 310 Å². The van der Waals surface area contributed by atoms with Crippen molar-refractivity contribution in [3.8, 4) is 17.2 Å². The number of hydrogen-bond acceptors (Lipinski definition) is 5. The molecule has 1 unspecified atom stereocenters. The number of hydrogen-bond donors (Lipinski definition) is 2. The standard InChI is InChI=1S/C44H62F3NO4/c1-26(2)19-36(48-25-27-20-28(44(45,46)47)17-18-35(27)49)43(50,29-21-31(39(3,4)5)37(51-15)32(22-29)40(6,7)8)30-23-33(41(9,10)11)38(52-16)34(24-30)42(12,13)14/h17-18,20-26,36,49-50H,19H2,1-16H3. The highest BCUT2D eigenvalue weighted by molar-refractivity contribution is 5.84. The molecule has 5 nitrogen and oxygen atoms in total. The number of aliphatic hydroxyl groups is 1. The monoisotopic (exact) mass is 725 g/mol. The lowest BCUT2D eigenvalue weighted by Gasteiger charge is -2.40. The summed E-state index contributed by atoms with van der Waals surface area (Å²) in [6, 6.07) is 9.84. The van der Waals surface area contributed by atoms with E-state index >= 15 is 0 Å². The molecular weight excluding hydrogens is 663 g/mol. The molecule has 0 fully saturated rings. The van der Waals surface area contributed by atoms with E-state index < -0.39 is 45.0 Å². The minimum Gasteiger partial charge on any atom is -0.507 e. The van der Waals surface area contributed by atoms with Crippen molar-refractivity contribution in [1.29, 1.82) is 0 Å². The van der Waals surface area contributed by atoms with Crippen LogP contribution in [0.4, 0.5) is 13.2 Å². The van der Waals surface area contributed by atoms with Crippen LogP contribution in [0, 0.1) is 5.92 Å². The zero-order valence-electron chi connectivity index (χ0n) is 34.3. The van der Waals surface area contributed by atoms with E-state index in [1.165, 1.54) is 6.21 Å². The molecule has 8 heteroatoms. The molecule has 0 saturated heterocycles. The van der Waals surface area contributed by atoms with Crippen molar-refractivity contribution in [2.45, 2.75) is 143 Å². The third-order valence-corrected chi connectivity index (χ3v) is 9.62. The topological polar surface area (TPSA) is 71.3 Å². The second-order valence-electron chi connectivity index (χ2n) is 18.7. The van der Waals surface area contributed by atoms with Gasteiger partial charge in [0.1, 0.15) is 22.8 Å². The molecule has 0 bridgehead atoms. The van der Waals surface area contributed by atoms with Crippen molar-refractivity contribution in [3.63, 3.8) is 0 Å². The first-order chi connectivity index (χ1) is 23.5. The quantitative estimate of drug-likeness (QED) is 0.216. The maximum atomic E-state index is 13.8. The number of alkyl halides is 3. The van der Waals surface area contributed by atoms with Gasteiger partial charge in [0.05, 0.1) is 25.8 Å². The Bertz CT molecular complexity index is 1610. The van der Waals surface area contributed by atoms with Gasteiger partial charge in [-0.3, -0.25) is 4.99 Å². The van der Waals surface area contributed by atoms with Crippen LogP contribution >= 0.6 is 0 Å². The molecule has 52 heavy (non-hydrogen) atoms. The predicted octanol–water partition coefficient (Wildman–Crippen LogP) is 11.4. The number of aliphatic imine (C=N–C) groups is 1. The van der Waals surface area contributed by atoms with Gasteiger partial charge in [0, 0.05) is 34.0 Å². The van der Waals surface area contributed by atoms with Gasteiger partial charge in [-0.15, -0.1) is 0 Å². The fourth-order valence-electron chi connectivity index (χ4n) is 6.71. The summed E-state index contributed by atoms with van der Waals surface area (Å²) in [4.78, 5) is 4.93. The van der Waals surface area contributed by atoms with Crippen LogP contribution in [0.25, 0.3) is 0 Å². The summed E-state index contributed by atoms with van der Waals surface area (Å²) in [5, 5.41) is 24.5. The van der Waals surface area contributed by atoms with Gasteiger partial charge in [-0.2, -0.15) is 13.2 Å². The van der Waals surface area contributed by atoms with Crippen molar-refractivity contribution < 1.29 is 32.9 Å². The Morgan fingerprint density at radius 1 is 0.635 bits per heavy atom. The van der Waals surface area contributed by atoms with Gasteiger partial charge >= 0.3 is 6.18 Å². The van der Waals surface area contributed by atoms with Crippen LogP contribution in [0.5, 0.6) is 17.2 Å². The molecule has 2 N–H and O–H groups in total. The van der Waals surface area contributed by atoms with Crippen molar-refractivity contribution >= 4 is 6.21 Å². The first kappa shape index (κ1) is 42.9. The highest BCUT2D eigenvalue weighted by Gasteiger charge is 2.45. The lowest BCUT2D eigenvalue weighted by Crippen LogP contribution is -2.42. The van der Waals surface area contributed by atoms with Crippen LogP contribution < -0.4 is 9.47 Å². The molecule has 0 aromatic heterocycles. The van der Waals surface area contributed by atoms with E-state index in [9.17, 15) is 23.4 Å². The third kappa shape index (κ3) is 9.15. The largest absolute Gasteiger partial charge is 0.507 e. The molecular formula is C44H62F3NO4. The number of ether oxygens (including phenoxy) is 2. The Kier molecular flexibility index (Phi) is 12.1. The molecule has 0 saturated carbocycles. The van der Waals surface area contributed by atoms with Crippen LogP contribution in [0.3, 0.4) is 0 Å². The molecule has 0 aliphatic carbocycles. The van der Waals surface area contributed by atoms with Crippen molar-refractivity contribution in [3.05, 3.63) is 87.0 Å². The zero-order chi connectivity index (χ0) is 40.0. The van der Waals surface area contributed by atoms with Gasteiger partial charge in [-0.05, 0) is 87.6 Å². The average Bonchev–Trinajstić information content (AvgIpc) is 2.99. The summed E-state index contributed by atoms with van der Waals surface area (Å²) in [7, 11) is 3.32. The van der Waals surface area contributed by atoms with Gasteiger partial charge in [0.2, 0.25) is 0 Å². The summed E-state index contributed by atoms with van der Waals surface area (Å²) in [6.07, 6.45) is -2.98. The Morgan fingerprint density at radius 2 is 1.00 bits per heavy atom. The van der Waals surface area contributed by atoms with Crippen LogP contribution in [0.1, 0.15) is 148 Å². The highest BCUT2D eigenvalue weighted by atomic mass is 19.4. The third-order valence-electron chi connectivity index (χ3n) is 9.62. The predicted molar refractivity (Wildman–Crippen MR) is 208 cm³/mol. The van der Waals surface area contributed by atoms with Crippen molar-refractivity contribution in [1.82, 2.24) is 0 Å². The summed E-state index contributed by atoms with van der Waals surface area (Å²) in [5.74, 6) is 1.16. The second kappa shape index (κ2) is 14.7. The number of phenols is 1. The smallest absolute Gasteiger partial charge is 0.416 e. The second-order valence-corrected chi connectivity index (χ2v) is 18.7. The summed E-state index contributed by atoms with van der Waals surface area (Å²) >= 11 is 0. The number of benzene rings is 3. The summed E-state index contributed by atoms with van der Waals surface area (Å²) < 4.78 is 53.5. The van der Waals surface area contributed by atoms with Crippen LogP contribution in [-0.4, -0.2) is 36.7 Å². The maximum absolute atomic E-state index is 13.8. The summed E-state index contributed by atoms with van der Waals surface area (Å²) in [5.41, 5.74) is 0.410. The van der Waals surface area contributed by atoms with Gasteiger partial charge in [0.15, 0.2) is 0 Å². The lowest BCUT2D eigenvalue weighted by molar-refractivity contribution is -0.137. The van der Waals surface area contributed by atoms with Crippen LogP contribution in [0.15, 0.2) is 47.5 Å². The Morgan fingerprint density at radius 3 is 1.29 bits per heavy atom. The van der Waals surface area contributed by atoms with Crippen molar-refractivity contribution in [2.75, 3.05) is 14.2 Å². The average molecular weight is 726 g/mol. The van der Waals surface area contributed by atoms with Gasteiger partial charge in [-0.25, -0.2) is 0 Å². The van der Waals surface area contributed by atoms with E-state index in [0.29, 0.717) is 17.5 Å². The molecule has 288 valence electrons. The normalized spacial score (nSPS) is 14.3. The van der Waals surface area contributed by atoms with E-state index in [1.807, 2.05) is 38.1 Å². The van der Waals surface area contributed by atoms with Crippen LogP contribution in [-0.2, 0) is 33.4 Å². The number of nitrogens with zero attached hydrogens (tertiary/aromatic N) is 1. The fraction of sp³-hybridized carbons (Fsp3) is 0.568. The first-order valence-corrected chi connectivity index (χ1v) is 18.1. The molecule has 3 aromatic carbocycles. The SMILES string of the molecule is COc1c(C(C)(C)C)cc(C(O)(c2cc(C(C)(C)C)c(OC)c(C(C)(C)C)c2)C(CC(C)C)N=Cc2cc(C(F)(F)F)ccc2O)cc1C(C)(C)C.